The summed E-state index contributed by atoms with van der Waals surface area (Å²) >= 11 is 0. The Labute approximate surface area is 223 Å². The topological polar surface area (TPSA) is 54.9 Å². The van der Waals surface area contributed by atoms with Crippen molar-refractivity contribution in [3.05, 3.63) is 101 Å². The number of aromatic nitrogens is 2. The third-order valence-corrected chi connectivity index (χ3v) is 7.66. The van der Waals surface area contributed by atoms with Gasteiger partial charge in [-0.3, -0.25) is 9.71 Å². The zero-order valence-electron chi connectivity index (χ0n) is 22.1. The van der Waals surface area contributed by atoms with Gasteiger partial charge in [-0.15, -0.1) is 0 Å². The Hall–Kier alpha value is -3.31. The average Bonchev–Trinajstić information content (AvgIpc) is 2.89. The second kappa shape index (κ2) is 13.3. The van der Waals surface area contributed by atoms with Gasteiger partial charge in [-0.25, -0.2) is 9.19 Å². The van der Waals surface area contributed by atoms with Crippen LogP contribution in [-0.4, -0.2) is 14.2 Å². The van der Waals surface area contributed by atoms with Crippen molar-refractivity contribution in [3.8, 4) is 0 Å². The maximum Gasteiger partial charge on any atom is 0.147 e. The highest BCUT2D eigenvalue weighted by molar-refractivity contribution is 7.90. The fourth-order valence-electron chi connectivity index (χ4n) is 4.33. The Bertz CT molecular complexity index is 1420. The molecule has 4 aromatic rings. The number of rotatable bonds is 4. The highest BCUT2D eigenvalue weighted by atomic mass is 32.2. The summed E-state index contributed by atoms with van der Waals surface area (Å²) in [7, 11) is -1.21. The summed E-state index contributed by atoms with van der Waals surface area (Å²) in [5, 5.41) is 2.37. The number of benzene rings is 2. The minimum Gasteiger partial charge on any atom is -0.285 e. The number of fused-ring (bicyclic) bond motifs is 2. The van der Waals surface area contributed by atoms with E-state index >= 15 is 0 Å². The molecule has 2 heterocycles. The molecule has 0 bridgehead atoms. The molecule has 0 amide bonds. The van der Waals surface area contributed by atoms with Gasteiger partial charge in [0.2, 0.25) is 0 Å². The van der Waals surface area contributed by atoms with Crippen molar-refractivity contribution in [2.75, 3.05) is 4.72 Å². The molecule has 4 nitrogen and oxygen atoms in total. The molecule has 0 radical (unpaired) electrons. The molecule has 192 valence electrons. The number of nitrogens with zero attached hydrogens (tertiary/aromatic N) is 2. The number of aryl methyl sites for hydroxylation is 1. The third kappa shape index (κ3) is 7.14. The van der Waals surface area contributed by atoms with Crippen molar-refractivity contribution < 1.29 is 4.21 Å². The summed E-state index contributed by atoms with van der Waals surface area (Å²) in [5.74, 6) is 1.34. The first-order valence-corrected chi connectivity index (χ1v) is 14.5. The number of pyridine rings is 2. The van der Waals surface area contributed by atoms with E-state index in [-0.39, 0.29) is 0 Å². The lowest BCUT2D eigenvalue weighted by Crippen LogP contribution is -2.16. The van der Waals surface area contributed by atoms with Crippen LogP contribution in [0.1, 0.15) is 69.4 Å². The highest BCUT2D eigenvalue weighted by Crippen LogP contribution is 2.40. The summed E-state index contributed by atoms with van der Waals surface area (Å²) in [6.45, 7) is 6.34. The predicted octanol–water partition coefficient (Wildman–Crippen LogP) is 8.77. The molecular weight excluding hydrogens is 474 g/mol. The largest absolute Gasteiger partial charge is 0.285 e. The molecule has 1 N–H and O–H groups in total. The monoisotopic (exact) mass is 511 g/mol. The first-order valence-electron chi connectivity index (χ1n) is 13.3. The Kier molecular flexibility index (Phi) is 9.61. The molecule has 2 aliphatic carbocycles. The fraction of sp³-hybridized carbons (Fsp3) is 0.312. The van der Waals surface area contributed by atoms with Crippen LogP contribution in [0.15, 0.2) is 90.0 Å². The maximum atomic E-state index is 12.6. The van der Waals surface area contributed by atoms with Crippen LogP contribution in [0.5, 0.6) is 0 Å². The zero-order valence-corrected chi connectivity index (χ0v) is 22.9. The van der Waals surface area contributed by atoms with E-state index in [0.29, 0.717) is 5.92 Å². The molecule has 2 aromatic carbocycles. The molecule has 0 spiro atoms. The normalized spacial score (nSPS) is 15.5. The van der Waals surface area contributed by atoms with Gasteiger partial charge < -0.3 is 0 Å². The molecule has 1 fully saturated rings. The smallest absolute Gasteiger partial charge is 0.147 e. The van der Waals surface area contributed by atoms with Crippen LogP contribution >= 0.6 is 0 Å². The van der Waals surface area contributed by atoms with E-state index < -0.39 is 11.0 Å². The lowest BCUT2D eigenvalue weighted by atomic mass is 9.80. The lowest BCUT2D eigenvalue weighted by Gasteiger charge is -2.28. The number of nitrogens with one attached hydrogen (secondary N) is 1. The minimum atomic E-state index is -1.21. The Balaban J connectivity index is 0.000000190. The van der Waals surface area contributed by atoms with Crippen molar-refractivity contribution in [1.82, 2.24) is 9.97 Å². The van der Waals surface area contributed by atoms with E-state index in [2.05, 4.69) is 66.9 Å². The lowest BCUT2D eigenvalue weighted by molar-refractivity contribution is 0.420. The van der Waals surface area contributed by atoms with Gasteiger partial charge in [-0.1, -0.05) is 74.7 Å². The number of allylic oxidation sites excluding steroid dienone is 4. The van der Waals surface area contributed by atoms with Crippen molar-refractivity contribution in [1.29, 1.82) is 0 Å². The molecule has 0 aliphatic heterocycles. The van der Waals surface area contributed by atoms with Crippen LogP contribution in [0.25, 0.3) is 21.8 Å². The first-order chi connectivity index (χ1) is 18.1. The molecule has 2 aliphatic rings. The number of hydrogen-bond donors (Lipinski definition) is 1. The van der Waals surface area contributed by atoms with Crippen LogP contribution in [0.2, 0.25) is 0 Å². The summed E-state index contributed by atoms with van der Waals surface area (Å²) in [4.78, 5) is 9.93. The average molecular weight is 512 g/mol. The van der Waals surface area contributed by atoms with Crippen molar-refractivity contribution in [2.45, 2.75) is 65.2 Å². The van der Waals surface area contributed by atoms with Gasteiger partial charge in [-0.05, 0) is 80.5 Å². The van der Waals surface area contributed by atoms with Crippen molar-refractivity contribution in [2.24, 2.45) is 0 Å². The Morgan fingerprint density at radius 1 is 0.973 bits per heavy atom. The van der Waals surface area contributed by atoms with Crippen LogP contribution in [-0.2, 0) is 11.0 Å². The van der Waals surface area contributed by atoms with Crippen molar-refractivity contribution >= 4 is 38.6 Å². The minimum absolute atomic E-state index is 0.548. The molecule has 1 atom stereocenters. The molecule has 0 saturated heterocycles. The molecule has 37 heavy (non-hydrogen) atoms. The number of anilines is 1. The predicted molar refractivity (Wildman–Crippen MR) is 159 cm³/mol. The quantitative estimate of drug-likeness (QED) is 0.298. The van der Waals surface area contributed by atoms with E-state index in [4.69, 9.17) is 4.98 Å². The molecule has 5 heteroatoms. The van der Waals surface area contributed by atoms with Gasteiger partial charge in [0.15, 0.2) is 0 Å². The van der Waals surface area contributed by atoms with Crippen LogP contribution in [0.3, 0.4) is 0 Å². The van der Waals surface area contributed by atoms with E-state index in [1.807, 2.05) is 48.7 Å². The van der Waals surface area contributed by atoms with Gasteiger partial charge in [0.05, 0.1) is 11.0 Å². The van der Waals surface area contributed by atoms with Gasteiger partial charge >= 0.3 is 0 Å². The van der Waals surface area contributed by atoms with E-state index in [0.717, 1.165) is 40.0 Å². The van der Waals surface area contributed by atoms with Gasteiger partial charge in [-0.2, -0.15) is 0 Å². The standard InChI is InChI=1S/C19H20N2OS.C10H9N.C3H8/c22-23(16-10-2-1-3-11-16)21-19-17(14-8-6-9-14)13-15-7-4-5-12-18(15)20-19;1-8-4-5-10-9(7-8)3-2-6-11-10;1-3-2/h1-2,4-5,7,10,12-14H,3,6,8-9,11H2,(H,20,21);2-7H,1H3;3H2,1-2H3. The van der Waals surface area contributed by atoms with E-state index in [9.17, 15) is 4.21 Å². The van der Waals surface area contributed by atoms with Gasteiger partial charge in [0.1, 0.15) is 16.8 Å². The van der Waals surface area contributed by atoms with Crippen LogP contribution in [0.4, 0.5) is 5.82 Å². The summed E-state index contributed by atoms with van der Waals surface area (Å²) in [6.07, 6.45) is 14.6. The van der Waals surface area contributed by atoms with Gasteiger partial charge in [0, 0.05) is 21.9 Å². The van der Waals surface area contributed by atoms with E-state index in [1.54, 1.807) is 0 Å². The van der Waals surface area contributed by atoms with Crippen molar-refractivity contribution in [3.63, 3.8) is 0 Å². The maximum absolute atomic E-state index is 12.6. The van der Waals surface area contributed by atoms with Gasteiger partial charge in [0.25, 0.3) is 0 Å². The molecule has 1 unspecified atom stereocenters. The zero-order chi connectivity index (χ0) is 26.0. The summed E-state index contributed by atoms with van der Waals surface area (Å²) in [6, 6.07) is 20.7. The summed E-state index contributed by atoms with van der Waals surface area (Å²) in [5.41, 5.74) is 4.52. The molecule has 6 rings (SSSR count). The number of hydrogen-bond acceptors (Lipinski definition) is 3. The molecular formula is C32H37N3OS. The number of para-hydroxylation sites is 1. The highest BCUT2D eigenvalue weighted by Gasteiger charge is 2.24. The molecule has 1 saturated carbocycles. The van der Waals surface area contributed by atoms with Crippen LogP contribution in [0, 0.1) is 6.92 Å². The summed E-state index contributed by atoms with van der Waals surface area (Å²) < 4.78 is 15.8. The van der Waals surface area contributed by atoms with E-state index in [1.165, 1.54) is 42.2 Å². The second-order valence-corrected chi connectivity index (χ2v) is 10.9. The Morgan fingerprint density at radius 3 is 2.46 bits per heavy atom. The second-order valence-electron chi connectivity index (χ2n) is 9.62. The van der Waals surface area contributed by atoms with Crippen LogP contribution < -0.4 is 4.72 Å². The SMILES string of the molecule is CCC.Cc1ccc2ncccc2c1.O=S(Nc1nc2ccccc2cc1C1CCC1)C1=CC=CCC1. The third-order valence-electron chi connectivity index (χ3n) is 6.46. The Morgan fingerprint density at radius 2 is 1.73 bits per heavy atom. The fourth-order valence-corrected chi connectivity index (χ4v) is 5.30. The molecule has 2 aromatic heterocycles. The first kappa shape index (κ1) is 26.7.